The van der Waals surface area contributed by atoms with Crippen LogP contribution in [0, 0.1) is 5.82 Å². The predicted molar refractivity (Wildman–Crippen MR) is 107 cm³/mol. The zero-order valence-corrected chi connectivity index (χ0v) is 15.3. The highest BCUT2D eigenvalue weighted by molar-refractivity contribution is 6.02. The second-order valence-corrected chi connectivity index (χ2v) is 7.32. The van der Waals surface area contributed by atoms with Crippen LogP contribution in [0.25, 0.3) is 33.2 Å². The molecule has 2 aromatic heterocycles. The normalized spacial score (nSPS) is 15.3. The zero-order valence-electron chi connectivity index (χ0n) is 15.3. The molecule has 2 heterocycles. The molecular formula is C21H20FN5O. The number of benzene rings is 2. The first-order valence-corrected chi connectivity index (χ1v) is 9.59. The van der Waals surface area contributed by atoms with E-state index in [1.54, 1.807) is 0 Å². The Hall–Kier alpha value is -3.22. The molecule has 0 saturated heterocycles. The van der Waals surface area contributed by atoms with Gasteiger partial charge < -0.3 is 14.9 Å². The quantitative estimate of drug-likeness (QED) is 0.502. The molecular weight excluding hydrogens is 357 g/mol. The Bertz CT molecular complexity index is 1170. The maximum absolute atomic E-state index is 14.6. The third-order valence-electron chi connectivity index (χ3n) is 5.71. The lowest BCUT2D eigenvalue weighted by Crippen LogP contribution is -2.11. The van der Waals surface area contributed by atoms with Gasteiger partial charge in [0.25, 0.3) is 0 Å². The highest BCUT2D eigenvalue weighted by Crippen LogP contribution is 2.36. The number of nitrogens with one attached hydrogen (secondary N) is 2. The molecule has 1 aliphatic carbocycles. The Balaban J connectivity index is 1.61. The van der Waals surface area contributed by atoms with E-state index < -0.39 is 5.82 Å². The van der Waals surface area contributed by atoms with E-state index in [4.69, 9.17) is 0 Å². The number of halogens is 1. The highest BCUT2D eigenvalue weighted by Gasteiger charge is 2.19. The van der Waals surface area contributed by atoms with Crippen LogP contribution in [0.4, 0.5) is 10.1 Å². The number of carbonyl (C=O) groups excluding carboxylic acids is 1. The first-order chi connectivity index (χ1) is 13.8. The Labute approximate surface area is 160 Å². The average molecular weight is 377 g/mol. The van der Waals surface area contributed by atoms with Crippen molar-refractivity contribution >= 4 is 34.2 Å². The number of imidazole rings is 2. The van der Waals surface area contributed by atoms with Crippen LogP contribution >= 0.6 is 0 Å². The van der Waals surface area contributed by atoms with E-state index in [1.165, 1.54) is 44.5 Å². The predicted octanol–water partition coefficient (Wildman–Crippen LogP) is 4.79. The molecule has 1 aliphatic rings. The number of aromatic amines is 1. The summed E-state index contributed by atoms with van der Waals surface area (Å²) in [6, 6.07) is 7.94. The second kappa shape index (κ2) is 6.74. The molecule has 2 aromatic carbocycles. The number of aromatic nitrogens is 4. The molecule has 0 aliphatic heterocycles. The van der Waals surface area contributed by atoms with Gasteiger partial charge >= 0.3 is 0 Å². The van der Waals surface area contributed by atoms with E-state index in [0.717, 1.165) is 16.6 Å². The molecule has 5 rings (SSSR count). The van der Waals surface area contributed by atoms with Crippen molar-refractivity contribution in [2.45, 2.75) is 38.1 Å². The van der Waals surface area contributed by atoms with Crippen molar-refractivity contribution in [2.24, 2.45) is 0 Å². The summed E-state index contributed by atoms with van der Waals surface area (Å²) >= 11 is 0. The summed E-state index contributed by atoms with van der Waals surface area (Å²) in [5.74, 6) is -0.508. The number of nitrogens with zero attached hydrogens (tertiary/aromatic N) is 3. The molecule has 0 spiro atoms. The van der Waals surface area contributed by atoms with Gasteiger partial charge in [0, 0.05) is 11.6 Å². The van der Waals surface area contributed by atoms with Crippen molar-refractivity contribution < 1.29 is 9.18 Å². The van der Waals surface area contributed by atoms with Crippen LogP contribution in [0.3, 0.4) is 0 Å². The molecule has 0 bridgehead atoms. The van der Waals surface area contributed by atoms with Gasteiger partial charge in [0.15, 0.2) is 0 Å². The maximum atomic E-state index is 14.6. The highest BCUT2D eigenvalue weighted by atomic mass is 19.1. The number of fused-ring (bicyclic) bond motifs is 2. The number of carbonyl (C=O) groups is 1. The summed E-state index contributed by atoms with van der Waals surface area (Å²) in [6.07, 6.45) is 10.1. The Kier molecular flexibility index (Phi) is 4.07. The minimum absolute atomic E-state index is 0.105. The molecule has 6 nitrogen and oxygen atoms in total. The van der Waals surface area contributed by atoms with Crippen molar-refractivity contribution in [3.63, 3.8) is 0 Å². The molecule has 142 valence electrons. The average Bonchev–Trinajstić information content (AvgIpc) is 3.37. The van der Waals surface area contributed by atoms with Gasteiger partial charge in [-0.15, -0.1) is 0 Å². The fourth-order valence-corrected chi connectivity index (χ4v) is 4.35. The van der Waals surface area contributed by atoms with Gasteiger partial charge in [-0.1, -0.05) is 25.3 Å². The number of hydrogen-bond acceptors (Lipinski definition) is 3. The van der Waals surface area contributed by atoms with E-state index in [1.807, 2.05) is 18.5 Å². The molecule has 1 amide bonds. The number of amides is 1. The van der Waals surface area contributed by atoms with Gasteiger partial charge in [-0.3, -0.25) is 4.79 Å². The lowest BCUT2D eigenvalue weighted by atomic mass is 9.95. The van der Waals surface area contributed by atoms with Crippen LogP contribution < -0.4 is 5.32 Å². The van der Waals surface area contributed by atoms with Crippen molar-refractivity contribution in [3.8, 4) is 11.1 Å². The van der Waals surface area contributed by atoms with Gasteiger partial charge in [0.1, 0.15) is 11.5 Å². The molecule has 2 N–H and O–H groups in total. The van der Waals surface area contributed by atoms with Crippen LogP contribution in [0.15, 0.2) is 36.9 Å². The summed E-state index contributed by atoms with van der Waals surface area (Å²) in [5, 5.41) is 2.41. The molecule has 4 aromatic rings. The molecule has 7 heteroatoms. The van der Waals surface area contributed by atoms with Gasteiger partial charge in [-0.25, -0.2) is 14.4 Å². The van der Waals surface area contributed by atoms with E-state index in [2.05, 4.69) is 30.9 Å². The maximum Gasteiger partial charge on any atom is 0.211 e. The van der Waals surface area contributed by atoms with Gasteiger partial charge in [0.2, 0.25) is 6.41 Å². The lowest BCUT2D eigenvalue weighted by molar-refractivity contribution is -0.105. The Morgan fingerprint density at radius 3 is 2.86 bits per heavy atom. The number of anilines is 1. The van der Waals surface area contributed by atoms with E-state index in [9.17, 15) is 9.18 Å². The third kappa shape index (κ3) is 2.66. The Morgan fingerprint density at radius 1 is 1.18 bits per heavy atom. The topological polar surface area (TPSA) is 75.6 Å². The van der Waals surface area contributed by atoms with Gasteiger partial charge in [0.05, 0.1) is 34.7 Å². The summed E-state index contributed by atoms with van der Waals surface area (Å²) < 4.78 is 16.9. The van der Waals surface area contributed by atoms with Crippen LogP contribution in [-0.2, 0) is 4.79 Å². The van der Waals surface area contributed by atoms with E-state index in [0.29, 0.717) is 29.0 Å². The minimum Gasteiger partial charge on any atom is -0.343 e. The fraction of sp³-hybridized carbons (Fsp3) is 0.286. The van der Waals surface area contributed by atoms with Crippen LogP contribution in [-0.4, -0.2) is 25.9 Å². The molecule has 0 atom stereocenters. The second-order valence-electron chi connectivity index (χ2n) is 7.32. The van der Waals surface area contributed by atoms with E-state index in [-0.39, 0.29) is 5.69 Å². The monoisotopic (exact) mass is 377 g/mol. The molecule has 0 unspecified atom stereocenters. The lowest BCUT2D eigenvalue weighted by Gasteiger charge is -2.23. The van der Waals surface area contributed by atoms with Crippen LogP contribution in [0.1, 0.15) is 38.1 Å². The fourth-order valence-electron chi connectivity index (χ4n) is 4.35. The number of H-pyrrole nitrogens is 1. The van der Waals surface area contributed by atoms with E-state index >= 15 is 0 Å². The van der Waals surface area contributed by atoms with Crippen LogP contribution in [0.5, 0.6) is 0 Å². The summed E-state index contributed by atoms with van der Waals surface area (Å²) in [5.41, 5.74) is 4.69. The molecule has 0 radical (unpaired) electrons. The largest absolute Gasteiger partial charge is 0.343 e. The van der Waals surface area contributed by atoms with Crippen molar-refractivity contribution in [2.75, 3.05) is 5.32 Å². The summed E-state index contributed by atoms with van der Waals surface area (Å²) in [6.45, 7) is 0. The van der Waals surface area contributed by atoms with Crippen molar-refractivity contribution in [3.05, 3.63) is 42.7 Å². The molecule has 28 heavy (non-hydrogen) atoms. The van der Waals surface area contributed by atoms with Crippen molar-refractivity contribution in [1.82, 2.24) is 19.5 Å². The molecule has 1 saturated carbocycles. The Morgan fingerprint density at radius 2 is 2.04 bits per heavy atom. The summed E-state index contributed by atoms with van der Waals surface area (Å²) in [7, 11) is 0. The number of hydrogen-bond donors (Lipinski definition) is 2. The SMILES string of the molecule is O=CNc1c(F)cc(-c2ccc3c(c2)ncn3C2CCCCC2)c2nc[nH]c12. The minimum atomic E-state index is -0.508. The first-order valence-electron chi connectivity index (χ1n) is 9.59. The zero-order chi connectivity index (χ0) is 19.1. The summed E-state index contributed by atoms with van der Waals surface area (Å²) in [4.78, 5) is 22.7. The van der Waals surface area contributed by atoms with Gasteiger partial charge in [-0.2, -0.15) is 0 Å². The van der Waals surface area contributed by atoms with Crippen molar-refractivity contribution in [1.29, 1.82) is 0 Å². The first kappa shape index (κ1) is 16.9. The standard InChI is InChI=1S/C21H20FN5O/c22-16-9-15(19-21(24-10-23-19)20(16)26-12-28)13-6-7-18-17(8-13)25-11-27(18)14-4-2-1-3-5-14/h6-12,14H,1-5H2,(H,23,24)(H,26,28). The third-order valence-corrected chi connectivity index (χ3v) is 5.71. The van der Waals surface area contributed by atoms with Crippen LogP contribution in [0.2, 0.25) is 0 Å². The molecule has 1 fully saturated rings. The smallest absolute Gasteiger partial charge is 0.211 e. The number of rotatable bonds is 4. The van der Waals surface area contributed by atoms with Gasteiger partial charge in [-0.05, 0) is 36.6 Å².